The van der Waals surface area contributed by atoms with Gasteiger partial charge in [0.1, 0.15) is 6.54 Å². The summed E-state index contributed by atoms with van der Waals surface area (Å²) in [5.74, 6) is -2.56. The van der Waals surface area contributed by atoms with Crippen LogP contribution in [0.5, 0.6) is 0 Å². The smallest absolute Gasteiger partial charge is 0.323 e. The summed E-state index contributed by atoms with van der Waals surface area (Å²) in [6.07, 6.45) is 0. The number of carboxylic acid groups (broad SMARTS) is 1. The van der Waals surface area contributed by atoms with Crippen LogP contribution in [0.15, 0.2) is 18.2 Å². The van der Waals surface area contributed by atoms with Crippen LogP contribution in [0.3, 0.4) is 0 Å². The number of nitrogens with zero attached hydrogens (tertiary/aromatic N) is 1. The summed E-state index contributed by atoms with van der Waals surface area (Å²) < 4.78 is 13.8. The second kappa shape index (κ2) is 6.52. The first-order valence-electron chi connectivity index (χ1n) is 5.78. The zero-order chi connectivity index (χ0) is 14.6. The summed E-state index contributed by atoms with van der Waals surface area (Å²) in [6.45, 7) is 3.45. The van der Waals surface area contributed by atoms with Gasteiger partial charge in [0.15, 0.2) is 5.82 Å². The number of rotatable bonds is 5. The van der Waals surface area contributed by atoms with Crippen LogP contribution in [0.25, 0.3) is 0 Å². The Hall–Kier alpha value is -1.62. The average molecular weight is 288 g/mol. The molecule has 104 valence electrons. The number of halogens is 2. The van der Waals surface area contributed by atoms with Crippen molar-refractivity contribution in [2.24, 2.45) is 5.92 Å². The van der Waals surface area contributed by atoms with Crippen molar-refractivity contribution in [2.75, 3.05) is 13.1 Å². The zero-order valence-corrected chi connectivity index (χ0v) is 11.4. The SMILES string of the molecule is CC(C)CN(CC(=O)O)C(=O)c1cccc(Cl)c1F. The molecule has 0 aliphatic carbocycles. The van der Waals surface area contributed by atoms with Crippen molar-refractivity contribution < 1.29 is 19.1 Å². The van der Waals surface area contributed by atoms with Gasteiger partial charge < -0.3 is 10.0 Å². The highest BCUT2D eigenvalue weighted by molar-refractivity contribution is 6.31. The number of amides is 1. The van der Waals surface area contributed by atoms with Gasteiger partial charge >= 0.3 is 5.97 Å². The summed E-state index contributed by atoms with van der Waals surface area (Å²) in [5, 5.41) is 8.64. The molecule has 1 aromatic carbocycles. The van der Waals surface area contributed by atoms with Crippen LogP contribution in [-0.4, -0.2) is 35.0 Å². The summed E-state index contributed by atoms with van der Waals surface area (Å²) in [4.78, 5) is 24.0. The monoisotopic (exact) mass is 287 g/mol. The molecular formula is C13H15ClFNO3. The van der Waals surface area contributed by atoms with Crippen molar-refractivity contribution in [3.05, 3.63) is 34.6 Å². The molecule has 0 bridgehead atoms. The molecule has 0 aliphatic rings. The molecule has 0 saturated carbocycles. The lowest BCUT2D eigenvalue weighted by molar-refractivity contribution is -0.137. The molecular weight excluding hydrogens is 273 g/mol. The normalized spacial score (nSPS) is 10.6. The minimum atomic E-state index is -1.14. The molecule has 0 unspecified atom stereocenters. The fraction of sp³-hybridized carbons (Fsp3) is 0.385. The van der Waals surface area contributed by atoms with Crippen molar-refractivity contribution in [2.45, 2.75) is 13.8 Å². The van der Waals surface area contributed by atoms with E-state index in [4.69, 9.17) is 16.7 Å². The Balaban J connectivity index is 3.04. The van der Waals surface area contributed by atoms with Gasteiger partial charge in [-0.15, -0.1) is 0 Å². The predicted octanol–water partition coefficient (Wildman–Crippen LogP) is 2.66. The van der Waals surface area contributed by atoms with E-state index < -0.39 is 24.2 Å². The van der Waals surface area contributed by atoms with Crippen molar-refractivity contribution in [1.82, 2.24) is 4.90 Å². The minimum Gasteiger partial charge on any atom is -0.480 e. The first-order valence-corrected chi connectivity index (χ1v) is 6.15. The predicted molar refractivity (Wildman–Crippen MR) is 69.8 cm³/mol. The van der Waals surface area contributed by atoms with E-state index in [9.17, 15) is 14.0 Å². The third-order valence-corrected chi connectivity index (χ3v) is 2.67. The largest absolute Gasteiger partial charge is 0.480 e. The maximum absolute atomic E-state index is 13.8. The van der Waals surface area contributed by atoms with Crippen LogP contribution in [0.4, 0.5) is 4.39 Å². The van der Waals surface area contributed by atoms with Gasteiger partial charge in [-0.2, -0.15) is 0 Å². The van der Waals surface area contributed by atoms with E-state index in [0.717, 1.165) is 4.90 Å². The molecule has 0 aromatic heterocycles. The van der Waals surface area contributed by atoms with Gasteiger partial charge in [0.2, 0.25) is 0 Å². The summed E-state index contributed by atoms with van der Waals surface area (Å²) in [6, 6.07) is 4.07. The molecule has 0 fully saturated rings. The quantitative estimate of drug-likeness (QED) is 0.906. The lowest BCUT2D eigenvalue weighted by Gasteiger charge is -2.23. The van der Waals surface area contributed by atoms with Gasteiger partial charge in [-0.05, 0) is 18.1 Å². The zero-order valence-electron chi connectivity index (χ0n) is 10.7. The first kappa shape index (κ1) is 15.4. The van der Waals surface area contributed by atoms with E-state index in [2.05, 4.69) is 0 Å². The number of carboxylic acids is 1. The number of carbonyl (C=O) groups excluding carboxylic acids is 1. The van der Waals surface area contributed by atoms with Gasteiger partial charge in [0, 0.05) is 6.54 Å². The highest BCUT2D eigenvalue weighted by Gasteiger charge is 2.23. The molecule has 4 nitrogen and oxygen atoms in total. The highest BCUT2D eigenvalue weighted by atomic mass is 35.5. The molecule has 1 aromatic rings. The van der Waals surface area contributed by atoms with Gasteiger partial charge in [-0.1, -0.05) is 31.5 Å². The van der Waals surface area contributed by atoms with E-state index >= 15 is 0 Å². The molecule has 0 aliphatic heterocycles. The number of aliphatic carboxylic acids is 1. The minimum absolute atomic E-state index is 0.0746. The van der Waals surface area contributed by atoms with Gasteiger partial charge in [0.05, 0.1) is 10.6 Å². The molecule has 1 N–H and O–H groups in total. The number of hydrogen-bond acceptors (Lipinski definition) is 2. The van der Waals surface area contributed by atoms with Crippen molar-refractivity contribution in [3.8, 4) is 0 Å². The Morgan fingerprint density at radius 3 is 2.58 bits per heavy atom. The van der Waals surface area contributed by atoms with Crippen LogP contribution >= 0.6 is 11.6 Å². The standard InChI is InChI=1S/C13H15ClFNO3/c1-8(2)6-16(7-11(17)18)13(19)9-4-3-5-10(14)12(9)15/h3-5,8H,6-7H2,1-2H3,(H,17,18). The Morgan fingerprint density at radius 2 is 2.05 bits per heavy atom. The number of hydrogen-bond donors (Lipinski definition) is 1. The van der Waals surface area contributed by atoms with Gasteiger partial charge in [-0.3, -0.25) is 9.59 Å². The summed E-state index contributed by atoms with van der Waals surface area (Å²) in [7, 11) is 0. The van der Waals surface area contributed by atoms with E-state index in [1.807, 2.05) is 13.8 Å². The van der Waals surface area contributed by atoms with Crippen LogP contribution < -0.4 is 0 Å². The van der Waals surface area contributed by atoms with E-state index in [1.165, 1.54) is 18.2 Å². The first-order chi connectivity index (χ1) is 8.82. The maximum atomic E-state index is 13.8. The third kappa shape index (κ3) is 4.21. The van der Waals surface area contributed by atoms with Gasteiger partial charge in [-0.25, -0.2) is 4.39 Å². The molecule has 0 saturated heterocycles. The summed E-state index contributed by atoms with van der Waals surface area (Å²) >= 11 is 5.61. The molecule has 1 amide bonds. The average Bonchev–Trinajstić information content (AvgIpc) is 2.30. The molecule has 0 radical (unpaired) electrons. The van der Waals surface area contributed by atoms with E-state index in [0.29, 0.717) is 0 Å². The fourth-order valence-corrected chi connectivity index (χ4v) is 1.84. The molecule has 19 heavy (non-hydrogen) atoms. The van der Waals surface area contributed by atoms with E-state index in [-0.39, 0.29) is 23.0 Å². The second-order valence-corrected chi connectivity index (χ2v) is 4.98. The van der Waals surface area contributed by atoms with Crippen LogP contribution in [-0.2, 0) is 4.79 Å². The summed E-state index contributed by atoms with van der Waals surface area (Å²) in [5.41, 5.74) is -0.214. The van der Waals surface area contributed by atoms with Gasteiger partial charge in [0.25, 0.3) is 5.91 Å². The number of carbonyl (C=O) groups is 2. The molecule has 1 rings (SSSR count). The fourth-order valence-electron chi connectivity index (χ4n) is 1.66. The highest BCUT2D eigenvalue weighted by Crippen LogP contribution is 2.19. The topological polar surface area (TPSA) is 57.6 Å². The Labute approximate surface area is 115 Å². The van der Waals surface area contributed by atoms with E-state index in [1.54, 1.807) is 0 Å². The Bertz CT molecular complexity index is 491. The lowest BCUT2D eigenvalue weighted by atomic mass is 10.1. The molecule has 0 heterocycles. The van der Waals surface area contributed by atoms with Crippen LogP contribution in [0.2, 0.25) is 5.02 Å². The van der Waals surface area contributed by atoms with Crippen LogP contribution in [0, 0.1) is 11.7 Å². The maximum Gasteiger partial charge on any atom is 0.323 e. The number of benzene rings is 1. The lowest BCUT2D eigenvalue weighted by Crippen LogP contribution is -2.38. The molecule has 0 spiro atoms. The van der Waals surface area contributed by atoms with Crippen molar-refractivity contribution in [1.29, 1.82) is 0 Å². The second-order valence-electron chi connectivity index (χ2n) is 4.57. The Kier molecular flexibility index (Phi) is 5.30. The molecule has 0 atom stereocenters. The molecule has 6 heteroatoms. The van der Waals surface area contributed by atoms with Crippen LogP contribution in [0.1, 0.15) is 24.2 Å². The Morgan fingerprint density at radius 1 is 1.42 bits per heavy atom. The third-order valence-electron chi connectivity index (χ3n) is 2.38. The van der Waals surface area contributed by atoms with Crippen molar-refractivity contribution in [3.63, 3.8) is 0 Å². The van der Waals surface area contributed by atoms with Crippen molar-refractivity contribution >= 4 is 23.5 Å².